The standard InChI is InChI=1S/C21H26N4O8S/c1-8-16-15(9(2)26)20(30)25(16)17(21(31)32)18(8)34-11-3-10(22-6-11)5-23-19(29)12-4-13(27)14(28)7-24(12)33/h4,7-11,15-16,22,26,28,33H,3,5-6H2,1-2H3,(H,23,29)(H,31,32)/t8-,9-,10+,11+,15-,16-/m1/s1. The number of thioether (sulfide) groups is 1. The van der Waals surface area contributed by atoms with Crippen molar-refractivity contribution in [1.29, 1.82) is 0 Å². The summed E-state index contributed by atoms with van der Waals surface area (Å²) in [5.74, 6) is -3.75. The Morgan fingerprint density at radius 2 is 2.06 bits per heavy atom. The van der Waals surface area contributed by atoms with E-state index in [9.17, 15) is 39.7 Å². The number of nitrogens with one attached hydrogen (secondary N) is 2. The molecule has 184 valence electrons. The first-order chi connectivity index (χ1) is 16.0. The molecule has 0 bridgehead atoms. The van der Waals surface area contributed by atoms with Crippen LogP contribution < -0.4 is 16.1 Å². The lowest BCUT2D eigenvalue weighted by Gasteiger charge is -2.46. The van der Waals surface area contributed by atoms with Gasteiger partial charge in [0.25, 0.3) is 5.91 Å². The largest absolute Gasteiger partial charge is 0.503 e. The first-order valence-corrected chi connectivity index (χ1v) is 11.7. The van der Waals surface area contributed by atoms with E-state index in [4.69, 9.17) is 0 Å². The number of rotatable bonds is 7. The lowest BCUT2D eigenvalue weighted by atomic mass is 9.79. The number of hydrogen-bond acceptors (Lipinski definition) is 9. The van der Waals surface area contributed by atoms with Crippen molar-refractivity contribution in [1.82, 2.24) is 20.3 Å². The molecule has 2 fully saturated rings. The van der Waals surface area contributed by atoms with Gasteiger partial charge in [-0.05, 0) is 13.3 Å². The predicted octanol–water partition coefficient (Wildman–Crippen LogP) is -0.862. The van der Waals surface area contributed by atoms with E-state index in [0.717, 1.165) is 12.3 Å². The molecule has 13 heteroatoms. The topological polar surface area (TPSA) is 181 Å². The fourth-order valence-corrected chi connectivity index (χ4v) is 6.39. The number of carboxylic acid groups (broad SMARTS) is 1. The van der Waals surface area contributed by atoms with E-state index in [1.54, 1.807) is 0 Å². The number of fused-ring (bicyclic) bond motifs is 1. The summed E-state index contributed by atoms with van der Waals surface area (Å²) in [6, 6.07) is 0.330. The Kier molecular flexibility index (Phi) is 6.36. The van der Waals surface area contributed by atoms with Crippen LogP contribution in [0.4, 0.5) is 0 Å². The molecule has 1 aromatic heterocycles. The minimum absolute atomic E-state index is 0.00259. The van der Waals surface area contributed by atoms with Gasteiger partial charge in [-0.2, -0.15) is 4.73 Å². The molecular formula is C21H26N4O8S. The highest BCUT2D eigenvalue weighted by atomic mass is 32.2. The van der Waals surface area contributed by atoms with Crippen LogP contribution >= 0.6 is 11.8 Å². The van der Waals surface area contributed by atoms with E-state index >= 15 is 0 Å². The summed E-state index contributed by atoms with van der Waals surface area (Å²) in [5.41, 5.74) is -1.13. The van der Waals surface area contributed by atoms with Gasteiger partial charge in [0.1, 0.15) is 11.4 Å². The van der Waals surface area contributed by atoms with Crippen molar-refractivity contribution in [3.05, 3.63) is 38.8 Å². The van der Waals surface area contributed by atoms with E-state index in [0.29, 0.717) is 22.6 Å². The van der Waals surface area contributed by atoms with Crippen LogP contribution in [0.2, 0.25) is 0 Å². The Balaban J connectivity index is 1.38. The van der Waals surface area contributed by atoms with Crippen molar-refractivity contribution in [2.24, 2.45) is 11.8 Å². The van der Waals surface area contributed by atoms with Gasteiger partial charge in [0, 0.05) is 41.3 Å². The highest BCUT2D eigenvalue weighted by Crippen LogP contribution is 2.51. The molecule has 0 radical (unpaired) electrons. The maximum absolute atomic E-state index is 12.5. The third kappa shape index (κ3) is 4.03. The molecule has 4 rings (SSSR count). The van der Waals surface area contributed by atoms with Crippen LogP contribution in [0.1, 0.15) is 30.8 Å². The molecule has 0 aromatic carbocycles. The Bertz CT molecular complexity index is 1130. The van der Waals surface area contributed by atoms with Crippen LogP contribution in [-0.4, -0.2) is 84.5 Å². The number of hydrogen-bond donors (Lipinski definition) is 6. The number of aromatic hydroxyl groups is 1. The van der Waals surface area contributed by atoms with Crippen molar-refractivity contribution in [3.63, 3.8) is 0 Å². The molecule has 4 heterocycles. The van der Waals surface area contributed by atoms with Crippen LogP contribution in [0, 0.1) is 11.8 Å². The highest BCUT2D eigenvalue weighted by molar-refractivity contribution is 8.03. The number of carbonyl (C=O) groups is 3. The molecule has 2 amide bonds. The molecule has 0 saturated carbocycles. The third-order valence-electron chi connectivity index (χ3n) is 6.54. The van der Waals surface area contributed by atoms with E-state index in [1.807, 2.05) is 6.92 Å². The molecule has 1 aromatic rings. The Morgan fingerprint density at radius 3 is 2.71 bits per heavy atom. The van der Waals surface area contributed by atoms with Crippen molar-refractivity contribution < 1.29 is 34.9 Å². The minimum atomic E-state index is -1.17. The van der Waals surface area contributed by atoms with E-state index in [2.05, 4.69) is 10.6 Å². The number of aromatic nitrogens is 1. The summed E-state index contributed by atoms with van der Waals surface area (Å²) < 4.78 is 0.375. The van der Waals surface area contributed by atoms with Gasteiger partial charge in [-0.15, -0.1) is 11.8 Å². The molecule has 3 aliphatic rings. The predicted molar refractivity (Wildman–Crippen MR) is 119 cm³/mol. The molecule has 2 saturated heterocycles. The summed E-state index contributed by atoms with van der Waals surface area (Å²) in [7, 11) is 0. The number of β-lactam (4-membered cyclic amide) rings is 1. The second-order valence-electron chi connectivity index (χ2n) is 8.82. The maximum Gasteiger partial charge on any atom is 0.353 e. The fourth-order valence-electron chi connectivity index (χ4n) is 4.87. The van der Waals surface area contributed by atoms with Gasteiger partial charge in [0.05, 0.1) is 24.3 Å². The van der Waals surface area contributed by atoms with E-state index in [1.165, 1.54) is 23.6 Å². The molecular weight excluding hydrogens is 468 g/mol. The average Bonchev–Trinajstić information content (AvgIpc) is 3.30. The first kappa shape index (κ1) is 24.1. The van der Waals surface area contributed by atoms with E-state index in [-0.39, 0.29) is 47.1 Å². The van der Waals surface area contributed by atoms with Gasteiger partial charge in [-0.25, -0.2) is 4.79 Å². The summed E-state index contributed by atoms with van der Waals surface area (Å²) in [5, 5.41) is 44.6. The van der Waals surface area contributed by atoms with Gasteiger partial charge in [-0.1, -0.05) is 6.92 Å². The first-order valence-electron chi connectivity index (χ1n) is 10.8. The number of nitrogens with zero attached hydrogens (tertiary/aromatic N) is 2. The number of aliphatic carboxylic acids is 1. The molecule has 0 spiro atoms. The molecule has 6 atom stereocenters. The second kappa shape index (κ2) is 8.96. The molecule has 0 aliphatic carbocycles. The normalized spacial score (nSPS) is 29.1. The monoisotopic (exact) mass is 494 g/mol. The van der Waals surface area contributed by atoms with Crippen molar-refractivity contribution in [2.75, 3.05) is 13.1 Å². The lowest BCUT2D eigenvalue weighted by molar-refractivity contribution is -0.163. The van der Waals surface area contributed by atoms with Gasteiger partial charge >= 0.3 is 5.97 Å². The molecule has 34 heavy (non-hydrogen) atoms. The fraction of sp³-hybridized carbons (Fsp3) is 0.524. The van der Waals surface area contributed by atoms with Gasteiger partial charge < -0.3 is 36.1 Å². The molecule has 6 N–H and O–H groups in total. The number of carboxylic acids is 1. The second-order valence-corrected chi connectivity index (χ2v) is 10.2. The van der Waals surface area contributed by atoms with E-state index < -0.39 is 35.1 Å². The van der Waals surface area contributed by atoms with Crippen molar-refractivity contribution in [2.45, 2.75) is 43.7 Å². The number of aliphatic hydroxyl groups is 1. The average molecular weight is 495 g/mol. The SMILES string of the molecule is C[C@@H](O)[C@H]1C(=O)N2C(C(=O)O)=C(S[C@@H]3CN[C@H](CNC(=O)c4cc(=O)c(O)cn4O)C3)[C@H](C)[C@H]12. The van der Waals surface area contributed by atoms with Crippen LogP contribution in [-0.2, 0) is 9.59 Å². The highest BCUT2D eigenvalue weighted by Gasteiger charge is 2.60. The quantitative estimate of drug-likeness (QED) is 0.206. The summed E-state index contributed by atoms with van der Waals surface area (Å²) in [4.78, 5) is 50.2. The molecule has 3 aliphatic heterocycles. The summed E-state index contributed by atoms with van der Waals surface area (Å²) in [6.07, 6.45) is 0.485. The van der Waals surface area contributed by atoms with Gasteiger partial charge in [0.15, 0.2) is 5.75 Å². The Morgan fingerprint density at radius 1 is 1.35 bits per heavy atom. The Labute approximate surface area is 198 Å². The number of pyridine rings is 1. The zero-order valence-electron chi connectivity index (χ0n) is 18.5. The number of carbonyl (C=O) groups excluding carboxylic acids is 2. The van der Waals surface area contributed by atoms with Crippen LogP contribution in [0.3, 0.4) is 0 Å². The van der Waals surface area contributed by atoms with Crippen molar-refractivity contribution >= 4 is 29.5 Å². The number of amides is 2. The molecule has 12 nitrogen and oxygen atoms in total. The summed E-state index contributed by atoms with van der Waals surface area (Å²) >= 11 is 1.40. The maximum atomic E-state index is 12.5. The smallest absolute Gasteiger partial charge is 0.353 e. The van der Waals surface area contributed by atoms with Gasteiger partial charge in [0.2, 0.25) is 11.3 Å². The van der Waals surface area contributed by atoms with Crippen LogP contribution in [0.5, 0.6) is 5.75 Å². The zero-order chi connectivity index (χ0) is 24.9. The van der Waals surface area contributed by atoms with Crippen LogP contribution in [0.15, 0.2) is 27.7 Å². The Hall–Kier alpha value is -3.03. The van der Waals surface area contributed by atoms with Gasteiger partial charge in [-0.3, -0.25) is 14.4 Å². The third-order valence-corrected chi connectivity index (χ3v) is 8.05. The van der Waals surface area contributed by atoms with Crippen molar-refractivity contribution in [3.8, 4) is 5.75 Å². The lowest BCUT2D eigenvalue weighted by Crippen LogP contribution is -2.63. The molecule has 0 unspecified atom stereocenters. The zero-order valence-corrected chi connectivity index (χ0v) is 19.3. The summed E-state index contributed by atoms with van der Waals surface area (Å²) in [6.45, 7) is 4.15. The minimum Gasteiger partial charge on any atom is -0.503 e. The number of aliphatic hydroxyl groups excluding tert-OH is 1. The van der Waals surface area contributed by atoms with Crippen LogP contribution in [0.25, 0.3) is 0 Å².